The van der Waals surface area contributed by atoms with E-state index in [2.05, 4.69) is 0 Å². The van der Waals surface area contributed by atoms with Crippen molar-refractivity contribution >= 4 is 10.0 Å². The highest BCUT2D eigenvalue weighted by atomic mass is 32.2. The van der Waals surface area contributed by atoms with Crippen molar-refractivity contribution in [1.29, 1.82) is 5.26 Å². The van der Waals surface area contributed by atoms with Gasteiger partial charge in [0, 0.05) is 12.6 Å². The number of sulfonamides is 1. The molecule has 0 N–H and O–H groups in total. The first kappa shape index (κ1) is 14.8. The van der Waals surface area contributed by atoms with Crippen LogP contribution in [0, 0.1) is 11.3 Å². The van der Waals surface area contributed by atoms with Crippen LogP contribution in [0.2, 0.25) is 0 Å². The van der Waals surface area contributed by atoms with Crippen molar-refractivity contribution in [2.75, 3.05) is 13.7 Å². The summed E-state index contributed by atoms with van der Waals surface area (Å²) in [6.45, 7) is 2.46. The number of rotatable bonds is 3. The molecule has 108 valence electrons. The fourth-order valence-electron chi connectivity index (χ4n) is 2.50. The van der Waals surface area contributed by atoms with Crippen molar-refractivity contribution in [3.63, 3.8) is 0 Å². The minimum Gasteiger partial charge on any atom is -0.495 e. The van der Waals surface area contributed by atoms with Crippen molar-refractivity contribution in [2.45, 2.75) is 37.1 Å². The summed E-state index contributed by atoms with van der Waals surface area (Å²) >= 11 is 0. The van der Waals surface area contributed by atoms with Gasteiger partial charge >= 0.3 is 0 Å². The van der Waals surface area contributed by atoms with E-state index in [0.29, 0.717) is 12.3 Å². The number of methoxy groups -OCH3 is 1. The lowest BCUT2D eigenvalue weighted by Crippen LogP contribution is -2.41. The van der Waals surface area contributed by atoms with E-state index in [9.17, 15) is 8.42 Å². The number of piperidine rings is 1. The zero-order chi connectivity index (χ0) is 14.8. The van der Waals surface area contributed by atoms with Gasteiger partial charge in [-0.05, 0) is 38.0 Å². The summed E-state index contributed by atoms with van der Waals surface area (Å²) in [6.07, 6.45) is 2.81. The Labute approximate surface area is 119 Å². The molecule has 1 aliphatic heterocycles. The molecule has 0 aliphatic carbocycles. The smallest absolute Gasteiger partial charge is 0.243 e. The monoisotopic (exact) mass is 294 g/mol. The molecular formula is C14H18N2O3S. The zero-order valence-electron chi connectivity index (χ0n) is 11.7. The van der Waals surface area contributed by atoms with Gasteiger partial charge < -0.3 is 4.74 Å². The Morgan fingerprint density at radius 1 is 1.40 bits per heavy atom. The number of nitriles is 1. The summed E-state index contributed by atoms with van der Waals surface area (Å²) in [5.74, 6) is 0.387. The Hall–Kier alpha value is -1.58. The highest BCUT2D eigenvalue weighted by Crippen LogP contribution is 2.28. The maximum Gasteiger partial charge on any atom is 0.243 e. The topological polar surface area (TPSA) is 70.4 Å². The Kier molecular flexibility index (Phi) is 4.31. The molecule has 1 atom stereocenters. The third-order valence-electron chi connectivity index (χ3n) is 3.64. The van der Waals surface area contributed by atoms with E-state index < -0.39 is 10.0 Å². The van der Waals surface area contributed by atoms with Gasteiger partial charge in [0.15, 0.2) is 0 Å². The molecule has 1 aromatic carbocycles. The van der Waals surface area contributed by atoms with Crippen LogP contribution in [0.15, 0.2) is 23.1 Å². The first-order valence-corrected chi connectivity index (χ1v) is 8.04. The van der Waals surface area contributed by atoms with Crippen LogP contribution in [0.4, 0.5) is 0 Å². The number of benzene rings is 1. The van der Waals surface area contributed by atoms with Gasteiger partial charge in [0.1, 0.15) is 11.8 Å². The molecule has 5 nitrogen and oxygen atoms in total. The maximum atomic E-state index is 12.6. The van der Waals surface area contributed by atoms with Crippen LogP contribution in [0.1, 0.15) is 31.7 Å². The van der Waals surface area contributed by atoms with Crippen molar-refractivity contribution in [2.24, 2.45) is 0 Å². The highest BCUT2D eigenvalue weighted by molar-refractivity contribution is 7.89. The Balaban J connectivity index is 2.42. The van der Waals surface area contributed by atoms with Crippen molar-refractivity contribution in [3.05, 3.63) is 23.8 Å². The quantitative estimate of drug-likeness (QED) is 0.856. The van der Waals surface area contributed by atoms with Gasteiger partial charge in [-0.15, -0.1) is 0 Å². The van der Waals surface area contributed by atoms with Crippen LogP contribution in [0.3, 0.4) is 0 Å². The molecule has 1 saturated heterocycles. The average Bonchev–Trinajstić information content (AvgIpc) is 2.46. The third kappa shape index (κ3) is 2.65. The Morgan fingerprint density at radius 3 is 2.75 bits per heavy atom. The lowest BCUT2D eigenvalue weighted by molar-refractivity contribution is 0.268. The Morgan fingerprint density at radius 2 is 2.15 bits per heavy atom. The Bertz CT molecular complexity index is 634. The van der Waals surface area contributed by atoms with Crippen LogP contribution in [-0.4, -0.2) is 32.4 Å². The molecule has 0 saturated carbocycles. The number of ether oxygens (including phenoxy) is 1. The highest BCUT2D eigenvalue weighted by Gasteiger charge is 2.31. The predicted octanol–water partition coefficient (Wildman–Crippen LogP) is 2.13. The van der Waals surface area contributed by atoms with Crippen LogP contribution in [0.5, 0.6) is 5.75 Å². The summed E-state index contributed by atoms with van der Waals surface area (Å²) < 4.78 is 31.8. The molecule has 1 fully saturated rings. The summed E-state index contributed by atoms with van der Waals surface area (Å²) in [4.78, 5) is 0.156. The second-order valence-corrected chi connectivity index (χ2v) is 6.83. The summed E-state index contributed by atoms with van der Waals surface area (Å²) in [7, 11) is -2.09. The fraction of sp³-hybridized carbons (Fsp3) is 0.500. The van der Waals surface area contributed by atoms with Gasteiger partial charge in [-0.3, -0.25) is 0 Å². The molecule has 0 aromatic heterocycles. The van der Waals surface area contributed by atoms with E-state index in [-0.39, 0.29) is 16.5 Å². The molecule has 0 bridgehead atoms. The standard InChI is InChI=1S/C14H18N2O3S/c1-11-5-3-4-8-16(11)20(17,18)13-6-7-14(19-2)12(9-13)10-15/h6-7,9,11H,3-5,8H2,1-2H3. The molecule has 2 rings (SSSR count). The van der Waals surface area contributed by atoms with Crippen molar-refractivity contribution < 1.29 is 13.2 Å². The van der Waals surface area contributed by atoms with Crippen LogP contribution in [0.25, 0.3) is 0 Å². The maximum absolute atomic E-state index is 12.6. The van der Waals surface area contributed by atoms with Gasteiger partial charge in [-0.25, -0.2) is 8.42 Å². The molecular weight excluding hydrogens is 276 g/mol. The van der Waals surface area contributed by atoms with E-state index >= 15 is 0 Å². The lowest BCUT2D eigenvalue weighted by Gasteiger charge is -2.32. The van der Waals surface area contributed by atoms with Gasteiger partial charge in [0.2, 0.25) is 10.0 Å². The second kappa shape index (κ2) is 5.81. The fourth-order valence-corrected chi connectivity index (χ4v) is 4.23. The van der Waals surface area contributed by atoms with Crippen LogP contribution in [-0.2, 0) is 10.0 Å². The second-order valence-electron chi connectivity index (χ2n) is 4.93. The van der Waals surface area contributed by atoms with Gasteiger partial charge in [-0.2, -0.15) is 9.57 Å². The van der Waals surface area contributed by atoms with E-state index in [1.54, 1.807) is 0 Å². The van der Waals surface area contributed by atoms with Gasteiger partial charge in [0.05, 0.1) is 17.6 Å². The molecule has 6 heteroatoms. The predicted molar refractivity (Wildman–Crippen MR) is 74.9 cm³/mol. The van der Waals surface area contributed by atoms with Gasteiger partial charge in [0.25, 0.3) is 0 Å². The van der Waals surface area contributed by atoms with E-state index in [0.717, 1.165) is 19.3 Å². The lowest BCUT2D eigenvalue weighted by atomic mass is 10.1. The SMILES string of the molecule is COc1ccc(S(=O)(=O)N2CCCCC2C)cc1C#N. The summed E-state index contributed by atoms with van der Waals surface area (Å²) in [5, 5.41) is 9.06. The van der Waals surface area contributed by atoms with Crippen molar-refractivity contribution in [3.8, 4) is 11.8 Å². The summed E-state index contributed by atoms with van der Waals surface area (Å²) in [5.41, 5.74) is 0.234. The molecule has 0 radical (unpaired) electrons. The number of hydrogen-bond acceptors (Lipinski definition) is 4. The molecule has 20 heavy (non-hydrogen) atoms. The summed E-state index contributed by atoms with van der Waals surface area (Å²) in [6, 6.07) is 6.38. The molecule has 1 heterocycles. The van der Waals surface area contributed by atoms with Crippen LogP contribution < -0.4 is 4.74 Å². The first-order chi connectivity index (χ1) is 9.50. The minimum absolute atomic E-state index is 0.00128. The van der Waals surface area contributed by atoms with E-state index in [4.69, 9.17) is 10.00 Å². The third-order valence-corrected chi connectivity index (χ3v) is 5.65. The van der Waals surface area contributed by atoms with Crippen molar-refractivity contribution in [1.82, 2.24) is 4.31 Å². The largest absolute Gasteiger partial charge is 0.495 e. The average molecular weight is 294 g/mol. The molecule has 1 aliphatic rings. The number of hydrogen-bond donors (Lipinski definition) is 0. The molecule has 1 aromatic rings. The molecule has 0 amide bonds. The molecule has 1 unspecified atom stereocenters. The van der Waals surface area contributed by atoms with E-state index in [1.807, 2.05) is 13.0 Å². The first-order valence-electron chi connectivity index (χ1n) is 6.60. The van der Waals surface area contributed by atoms with Gasteiger partial charge in [-0.1, -0.05) is 6.42 Å². The normalized spacial score (nSPS) is 20.4. The zero-order valence-corrected chi connectivity index (χ0v) is 12.5. The van der Waals surface area contributed by atoms with Crippen LogP contribution >= 0.6 is 0 Å². The minimum atomic E-state index is -3.54. The molecule has 0 spiro atoms. The van der Waals surface area contributed by atoms with E-state index in [1.165, 1.54) is 29.6 Å². The number of nitrogens with zero attached hydrogens (tertiary/aromatic N) is 2.